The lowest BCUT2D eigenvalue weighted by Gasteiger charge is -2.20. The van der Waals surface area contributed by atoms with Crippen LogP contribution in [0.3, 0.4) is 0 Å². The van der Waals surface area contributed by atoms with Gasteiger partial charge in [-0.25, -0.2) is 0 Å². The predicted octanol–water partition coefficient (Wildman–Crippen LogP) is 1.38. The minimum absolute atomic E-state index is 0.805. The Bertz CT molecular complexity index is 460. The van der Waals surface area contributed by atoms with Crippen LogP contribution in [0.4, 0.5) is 0 Å². The van der Waals surface area contributed by atoms with Crippen molar-refractivity contribution in [2.24, 2.45) is 4.99 Å². The van der Waals surface area contributed by atoms with Crippen LogP contribution in [-0.2, 0) is 6.54 Å². The Balaban J connectivity index is 1.60. The van der Waals surface area contributed by atoms with Crippen molar-refractivity contribution in [3.05, 3.63) is 35.9 Å². The Kier molecular flexibility index (Phi) is 7.90. The highest BCUT2D eigenvalue weighted by Gasteiger charge is 2.11. The van der Waals surface area contributed by atoms with Crippen molar-refractivity contribution < 1.29 is 0 Å². The van der Waals surface area contributed by atoms with Crippen LogP contribution in [0.1, 0.15) is 18.4 Å². The molecule has 1 fully saturated rings. The van der Waals surface area contributed by atoms with Gasteiger partial charge in [0, 0.05) is 33.2 Å². The van der Waals surface area contributed by atoms with Gasteiger partial charge < -0.3 is 20.4 Å². The third-order valence-electron chi connectivity index (χ3n) is 4.28. The van der Waals surface area contributed by atoms with Gasteiger partial charge in [-0.1, -0.05) is 30.3 Å². The quantitative estimate of drug-likeness (QED) is 0.473. The molecule has 2 N–H and O–H groups in total. The summed E-state index contributed by atoms with van der Waals surface area (Å²) in [7, 11) is 4.04. The summed E-state index contributed by atoms with van der Waals surface area (Å²) in [6.07, 6.45) is 2.43. The molecule has 1 saturated heterocycles. The molecule has 0 spiro atoms. The Labute approximate surface area is 140 Å². The third kappa shape index (κ3) is 7.01. The molecular weight excluding hydrogens is 286 g/mol. The Morgan fingerprint density at radius 3 is 2.70 bits per heavy atom. The van der Waals surface area contributed by atoms with Gasteiger partial charge in [-0.3, -0.25) is 4.99 Å². The topological polar surface area (TPSA) is 42.9 Å². The first-order valence-corrected chi connectivity index (χ1v) is 8.67. The molecule has 1 aliphatic rings. The number of nitrogens with one attached hydrogen (secondary N) is 2. The molecule has 0 atom stereocenters. The Morgan fingerprint density at radius 1 is 1.09 bits per heavy atom. The highest BCUT2D eigenvalue weighted by molar-refractivity contribution is 5.79. The number of guanidine groups is 1. The number of hydrogen-bond donors (Lipinski definition) is 2. The molecule has 0 bridgehead atoms. The van der Waals surface area contributed by atoms with E-state index in [0.717, 1.165) is 32.0 Å². The maximum Gasteiger partial charge on any atom is 0.191 e. The molecule has 0 amide bonds. The van der Waals surface area contributed by atoms with Crippen LogP contribution in [0.15, 0.2) is 35.3 Å². The van der Waals surface area contributed by atoms with E-state index < -0.39 is 0 Å². The molecule has 128 valence electrons. The zero-order valence-electron chi connectivity index (χ0n) is 14.6. The summed E-state index contributed by atoms with van der Waals surface area (Å²) < 4.78 is 0. The second-order valence-corrected chi connectivity index (χ2v) is 6.19. The van der Waals surface area contributed by atoms with E-state index in [0.29, 0.717) is 0 Å². The summed E-state index contributed by atoms with van der Waals surface area (Å²) in [6, 6.07) is 10.4. The fourth-order valence-electron chi connectivity index (χ4n) is 2.84. The molecule has 0 radical (unpaired) electrons. The zero-order chi connectivity index (χ0) is 16.3. The molecule has 1 heterocycles. The van der Waals surface area contributed by atoms with Gasteiger partial charge in [0.1, 0.15) is 0 Å². The van der Waals surface area contributed by atoms with Crippen LogP contribution in [0.25, 0.3) is 0 Å². The Morgan fingerprint density at radius 2 is 1.91 bits per heavy atom. The first-order valence-electron chi connectivity index (χ1n) is 8.67. The summed E-state index contributed by atoms with van der Waals surface area (Å²) in [6.45, 7) is 7.76. The minimum Gasteiger partial charge on any atom is -0.356 e. The maximum atomic E-state index is 4.29. The van der Waals surface area contributed by atoms with E-state index in [1.54, 1.807) is 0 Å². The first-order chi connectivity index (χ1) is 11.3. The van der Waals surface area contributed by atoms with Crippen molar-refractivity contribution in [2.75, 3.05) is 53.4 Å². The highest BCUT2D eigenvalue weighted by atomic mass is 15.2. The van der Waals surface area contributed by atoms with Crippen molar-refractivity contribution >= 4 is 5.96 Å². The first kappa shape index (κ1) is 17.8. The van der Waals surface area contributed by atoms with Crippen LogP contribution >= 0.6 is 0 Å². The van der Waals surface area contributed by atoms with Gasteiger partial charge in [-0.05, 0) is 45.1 Å². The average molecular weight is 317 g/mol. The SMILES string of the molecule is CN=C(NCCCN1CCCN(C)CC1)NCc1ccccc1. The zero-order valence-corrected chi connectivity index (χ0v) is 14.6. The summed E-state index contributed by atoms with van der Waals surface area (Å²) in [4.78, 5) is 9.29. The van der Waals surface area contributed by atoms with Gasteiger partial charge in [0.15, 0.2) is 5.96 Å². The van der Waals surface area contributed by atoms with Crippen LogP contribution in [0.2, 0.25) is 0 Å². The predicted molar refractivity (Wildman–Crippen MR) is 97.8 cm³/mol. The monoisotopic (exact) mass is 317 g/mol. The lowest BCUT2D eigenvalue weighted by molar-refractivity contribution is 0.274. The number of aliphatic imine (C=N–C) groups is 1. The van der Waals surface area contributed by atoms with E-state index in [9.17, 15) is 0 Å². The second kappa shape index (κ2) is 10.2. The largest absolute Gasteiger partial charge is 0.356 e. The number of likely N-dealkylation sites (N-methyl/N-ethyl adjacent to an activating group) is 1. The van der Waals surface area contributed by atoms with Crippen molar-refractivity contribution in [3.8, 4) is 0 Å². The lowest BCUT2D eigenvalue weighted by Crippen LogP contribution is -2.38. The molecule has 0 aromatic heterocycles. The van der Waals surface area contributed by atoms with Gasteiger partial charge in [0.05, 0.1) is 0 Å². The second-order valence-electron chi connectivity index (χ2n) is 6.19. The summed E-state index contributed by atoms with van der Waals surface area (Å²) >= 11 is 0. The van der Waals surface area contributed by atoms with Crippen LogP contribution in [0, 0.1) is 0 Å². The molecule has 5 nitrogen and oxygen atoms in total. The van der Waals surface area contributed by atoms with E-state index in [1.807, 2.05) is 13.1 Å². The van der Waals surface area contributed by atoms with Crippen LogP contribution in [-0.4, -0.2) is 69.1 Å². The van der Waals surface area contributed by atoms with E-state index in [-0.39, 0.29) is 0 Å². The molecule has 1 aromatic rings. The van der Waals surface area contributed by atoms with E-state index in [2.05, 4.69) is 56.7 Å². The van der Waals surface area contributed by atoms with Gasteiger partial charge in [0.25, 0.3) is 0 Å². The molecule has 0 aliphatic carbocycles. The average Bonchev–Trinajstić information content (AvgIpc) is 2.79. The number of benzene rings is 1. The minimum atomic E-state index is 0.805. The standard InChI is InChI=1S/C18H31N5/c1-19-18(21-16-17-8-4-3-5-9-17)20-10-6-12-23-13-7-11-22(2)14-15-23/h3-5,8-9H,6-7,10-16H2,1-2H3,(H2,19,20,21). The fraction of sp³-hybridized carbons (Fsp3) is 0.611. The molecular formula is C18H31N5. The van der Waals surface area contributed by atoms with E-state index in [1.165, 1.54) is 38.2 Å². The molecule has 1 aliphatic heterocycles. The number of nitrogens with zero attached hydrogens (tertiary/aromatic N) is 3. The highest BCUT2D eigenvalue weighted by Crippen LogP contribution is 2.01. The van der Waals surface area contributed by atoms with Crippen molar-refractivity contribution in [1.82, 2.24) is 20.4 Å². The van der Waals surface area contributed by atoms with Gasteiger partial charge >= 0.3 is 0 Å². The van der Waals surface area contributed by atoms with Crippen LogP contribution in [0.5, 0.6) is 0 Å². The van der Waals surface area contributed by atoms with Crippen LogP contribution < -0.4 is 10.6 Å². The number of rotatable bonds is 6. The van der Waals surface area contributed by atoms with E-state index in [4.69, 9.17) is 0 Å². The maximum absolute atomic E-state index is 4.29. The number of hydrogen-bond acceptors (Lipinski definition) is 3. The molecule has 5 heteroatoms. The molecule has 0 saturated carbocycles. The Hall–Kier alpha value is -1.59. The fourth-order valence-corrected chi connectivity index (χ4v) is 2.84. The summed E-state index contributed by atoms with van der Waals surface area (Å²) in [5.74, 6) is 0.879. The lowest BCUT2D eigenvalue weighted by atomic mass is 10.2. The summed E-state index contributed by atoms with van der Waals surface area (Å²) in [5, 5.41) is 6.76. The molecule has 1 aromatic carbocycles. The third-order valence-corrected chi connectivity index (χ3v) is 4.28. The molecule has 23 heavy (non-hydrogen) atoms. The van der Waals surface area contributed by atoms with Crippen molar-refractivity contribution in [2.45, 2.75) is 19.4 Å². The van der Waals surface area contributed by atoms with E-state index >= 15 is 0 Å². The van der Waals surface area contributed by atoms with Crippen molar-refractivity contribution in [1.29, 1.82) is 0 Å². The molecule has 0 unspecified atom stereocenters. The molecule has 2 rings (SSSR count). The van der Waals surface area contributed by atoms with Crippen molar-refractivity contribution in [3.63, 3.8) is 0 Å². The van der Waals surface area contributed by atoms with Gasteiger partial charge in [-0.15, -0.1) is 0 Å². The smallest absolute Gasteiger partial charge is 0.191 e. The van der Waals surface area contributed by atoms with Gasteiger partial charge in [0.2, 0.25) is 0 Å². The summed E-state index contributed by atoms with van der Waals surface area (Å²) in [5.41, 5.74) is 1.27. The normalized spacial score (nSPS) is 17.7. The van der Waals surface area contributed by atoms with Gasteiger partial charge in [-0.2, -0.15) is 0 Å².